The summed E-state index contributed by atoms with van der Waals surface area (Å²) in [5.41, 5.74) is -0.381. The van der Waals surface area contributed by atoms with Crippen molar-refractivity contribution in [3.63, 3.8) is 0 Å². The molecule has 1 unspecified atom stereocenters. The summed E-state index contributed by atoms with van der Waals surface area (Å²) in [5.74, 6) is 1.17. The number of amides is 1. The predicted molar refractivity (Wildman–Crippen MR) is 73.6 cm³/mol. The molecule has 0 aromatic rings. The SMILES string of the molecule is O=C(O)C1=NOC2(CCN(C(=O)C3C[C@@H]4C[C@@H]4C3)CC2)C1. The van der Waals surface area contributed by atoms with Crippen LogP contribution in [0.2, 0.25) is 0 Å². The van der Waals surface area contributed by atoms with Crippen LogP contribution in [-0.4, -0.2) is 46.3 Å². The van der Waals surface area contributed by atoms with Gasteiger partial charge in [-0.25, -0.2) is 4.79 Å². The van der Waals surface area contributed by atoms with Crippen molar-refractivity contribution >= 4 is 17.6 Å². The number of carbonyl (C=O) groups is 2. The normalized spacial score (nSPS) is 36.1. The molecule has 21 heavy (non-hydrogen) atoms. The van der Waals surface area contributed by atoms with Crippen LogP contribution >= 0.6 is 0 Å². The Hall–Kier alpha value is -1.59. The molecule has 4 aliphatic rings. The van der Waals surface area contributed by atoms with Gasteiger partial charge >= 0.3 is 5.97 Å². The van der Waals surface area contributed by atoms with Crippen molar-refractivity contribution in [3.8, 4) is 0 Å². The smallest absolute Gasteiger partial charge is 0.353 e. The zero-order chi connectivity index (χ0) is 14.6. The molecule has 2 aliphatic heterocycles. The zero-order valence-electron chi connectivity index (χ0n) is 12.0. The monoisotopic (exact) mass is 292 g/mol. The molecule has 114 valence electrons. The summed E-state index contributed by atoms with van der Waals surface area (Å²) >= 11 is 0. The highest BCUT2D eigenvalue weighted by Gasteiger charge is 2.50. The molecule has 1 spiro atoms. The first kappa shape index (κ1) is 13.1. The van der Waals surface area contributed by atoms with Gasteiger partial charge in [0.2, 0.25) is 5.91 Å². The molecule has 1 N–H and O–H groups in total. The summed E-state index contributed by atoms with van der Waals surface area (Å²) in [6.45, 7) is 1.32. The minimum absolute atomic E-state index is 0.102. The summed E-state index contributed by atoms with van der Waals surface area (Å²) in [6.07, 6.45) is 5.20. The first-order valence-electron chi connectivity index (χ1n) is 7.83. The molecule has 1 saturated heterocycles. The van der Waals surface area contributed by atoms with E-state index in [2.05, 4.69) is 5.16 Å². The molecular formula is C15H20N2O4. The second kappa shape index (κ2) is 4.45. The molecular weight excluding hydrogens is 272 g/mol. The summed E-state index contributed by atoms with van der Waals surface area (Å²) in [7, 11) is 0. The molecule has 2 saturated carbocycles. The Balaban J connectivity index is 1.33. The second-order valence-corrected chi connectivity index (χ2v) is 7.04. The van der Waals surface area contributed by atoms with Gasteiger partial charge in [-0.2, -0.15) is 0 Å². The fraction of sp³-hybridized carbons (Fsp3) is 0.800. The van der Waals surface area contributed by atoms with Gasteiger partial charge in [0.05, 0.1) is 0 Å². The average Bonchev–Trinajstić information content (AvgIpc) is 2.90. The lowest BCUT2D eigenvalue weighted by Crippen LogP contribution is -2.48. The molecule has 0 bridgehead atoms. The quantitative estimate of drug-likeness (QED) is 0.831. The molecule has 0 aromatic heterocycles. The van der Waals surface area contributed by atoms with Gasteiger partial charge in [0.15, 0.2) is 5.71 Å². The molecule has 3 fully saturated rings. The van der Waals surface area contributed by atoms with Crippen LogP contribution in [0.1, 0.15) is 38.5 Å². The van der Waals surface area contributed by atoms with Crippen molar-refractivity contribution in [2.24, 2.45) is 22.9 Å². The molecule has 4 rings (SSSR count). The number of aliphatic carboxylic acids is 1. The third-order valence-corrected chi connectivity index (χ3v) is 5.67. The lowest BCUT2D eigenvalue weighted by molar-refractivity contribution is -0.141. The number of fused-ring (bicyclic) bond motifs is 1. The summed E-state index contributed by atoms with van der Waals surface area (Å²) < 4.78 is 0. The highest BCUT2D eigenvalue weighted by Crippen LogP contribution is 2.54. The van der Waals surface area contributed by atoms with E-state index in [-0.39, 0.29) is 11.6 Å². The Kier molecular flexibility index (Phi) is 2.78. The van der Waals surface area contributed by atoms with Crippen LogP contribution in [0.15, 0.2) is 5.16 Å². The molecule has 3 atom stereocenters. The van der Waals surface area contributed by atoms with Crippen molar-refractivity contribution in [3.05, 3.63) is 0 Å². The Morgan fingerprint density at radius 2 is 1.86 bits per heavy atom. The van der Waals surface area contributed by atoms with E-state index in [1.54, 1.807) is 0 Å². The van der Waals surface area contributed by atoms with Crippen LogP contribution in [0.4, 0.5) is 0 Å². The Morgan fingerprint density at radius 1 is 1.19 bits per heavy atom. The van der Waals surface area contributed by atoms with Gasteiger partial charge in [-0.1, -0.05) is 5.16 Å². The van der Waals surface area contributed by atoms with E-state index >= 15 is 0 Å². The maximum atomic E-state index is 12.5. The second-order valence-electron chi connectivity index (χ2n) is 7.04. The number of nitrogens with zero attached hydrogens (tertiary/aromatic N) is 2. The third kappa shape index (κ3) is 2.21. The first-order valence-corrected chi connectivity index (χ1v) is 7.83. The predicted octanol–water partition coefficient (Wildman–Crippen LogP) is 1.25. The van der Waals surface area contributed by atoms with Crippen LogP contribution in [0, 0.1) is 17.8 Å². The summed E-state index contributed by atoms with van der Waals surface area (Å²) in [5, 5.41) is 12.7. The number of carbonyl (C=O) groups excluding carboxylic acids is 1. The Bertz CT molecular complexity index is 512. The lowest BCUT2D eigenvalue weighted by atomic mass is 9.86. The highest BCUT2D eigenvalue weighted by atomic mass is 16.7. The van der Waals surface area contributed by atoms with Crippen LogP contribution in [0.25, 0.3) is 0 Å². The maximum absolute atomic E-state index is 12.5. The Labute approximate surface area is 123 Å². The highest BCUT2D eigenvalue weighted by molar-refractivity contribution is 6.36. The molecule has 6 heteroatoms. The van der Waals surface area contributed by atoms with Crippen LogP contribution < -0.4 is 0 Å². The molecule has 1 amide bonds. The molecule has 6 nitrogen and oxygen atoms in total. The largest absolute Gasteiger partial charge is 0.477 e. The fourth-order valence-electron chi connectivity index (χ4n) is 4.21. The number of hydrogen-bond acceptors (Lipinski definition) is 4. The molecule has 0 radical (unpaired) electrons. The summed E-state index contributed by atoms with van der Waals surface area (Å²) in [4.78, 5) is 30.8. The van der Waals surface area contributed by atoms with Gasteiger partial charge in [0, 0.05) is 38.3 Å². The van der Waals surface area contributed by atoms with E-state index in [4.69, 9.17) is 9.94 Å². The third-order valence-electron chi connectivity index (χ3n) is 5.67. The minimum Gasteiger partial charge on any atom is -0.477 e. The number of hydrogen-bond donors (Lipinski definition) is 1. The van der Waals surface area contributed by atoms with E-state index in [9.17, 15) is 9.59 Å². The van der Waals surface area contributed by atoms with E-state index < -0.39 is 11.6 Å². The van der Waals surface area contributed by atoms with Gasteiger partial charge < -0.3 is 14.8 Å². The van der Waals surface area contributed by atoms with Gasteiger partial charge in [0.25, 0.3) is 0 Å². The van der Waals surface area contributed by atoms with Crippen molar-refractivity contribution in [1.29, 1.82) is 0 Å². The number of carboxylic acids is 1. The molecule has 2 aliphatic carbocycles. The molecule has 2 heterocycles. The van der Waals surface area contributed by atoms with E-state index in [0.717, 1.165) is 24.7 Å². The van der Waals surface area contributed by atoms with Gasteiger partial charge in [-0.05, 0) is 31.1 Å². The first-order chi connectivity index (χ1) is 10.1. The number of piperidine rings is 1. The number of carboxylic acid groups (broad SMARTS) is 1. The lowest BCUT2D eigenvalue weighted by Gasteiger charge is -2.38. The van der Waals surface area contributed by atoms with Gasteiger partial charge in [-0.15, -0.1) is 0 Å². The van der Waals surface area contributed by atoms with Crippen LogP contribution in [-0.2, 0) is 14.4 Å². The molecule has 0 aromatic carbocycles. The van der Waals surface area contributed by atoms with Crippen molar-refractivity contribution in [2.45, 2.75) is 44.1 Å². The maximum Gasteiger partial charge on any atom is 0.353 e. The van der Waals surface area contributed by atoms with Crippen molar-refractivity contribution < 1.29 is 19.5 Å². The van der Waals surface area contributed by atoms with Crippen molar-refractivity contribution in [1.82, 2.24) is 4.90 Å². The van der Waals surface area contributed by atoms with E-state index in [0.29, 0.717) is 38.3 Å². The van der Waals surface area contributed by atoms with Gasteiger partial charge in [0.1, 0.15) is 5.60 Å². The fourth-order valence-corrected chi connectivity index (χ4v) is 4.21. The Morgan fingerprint density at radius 3 is 2.43 bits per heavy atom. The van der Waals surface area contributed by atoms with Crippen molar-refractivity contribution in [2.75, 3.05) is 13.1 Å². The summed E-state index contributed by atoms with van der Waals surface area (Å²) in [6, 6.07) is 0. The van der Waals surface area contributed by atoms with Crippen LogP contribution in [0.3, 0.4) is 0 Å². The van der Waals surface area contributed by atoms with E-state index in [1.807, 2.05) is 4.90 Å². The number of oxime groups is 1. The average molecular weight is 292 g/mol. The van der Waals surface area contributed by atoms with E-state index in [1.165, 1.54) is 6.42 Å². The number of likely N-dealkylation sites (tertiary alicyclic amines) is 1. The van der Waals surface area contributed by atoms with Gasteiger partial charge in [-0.3, -0.25) is 4.79 Å². The standard InChI is InChI=1S/C15H20N2O4/c18-13(11-6-9-5-10(9)7-11)17-3-1-15(2-4-17)8-12(14(19)20)16-21-15/h9-11H,1-8H2,(H,19,20)/t9-,10+,11?. The van der Waals surface area contributed by atoms with Crippen LogP contribution in [0.5, 0.6) is 0 Å². The minimum atomic E-state index is -1.00. The number of rotatable bonds is 2. The topological polar surface area (TPSA) is 79.2 Å². The zero-order valence-corrected chi connectivity index (χ0v) is 12.0.